The number of aliphatic hydroxyl groups excluding tert-OH is 4. The largest absolute Gasteiger partial charge is 0.394 e. The average Bonchev–Trinajstić information content (AvgIpc) is 1.85. The minimum atomic E-state index is -0.885. The molecule has 0 saturated heterocycles. The van der Waals surface area contributed by atoms with Crippen LogP contribution in [-0.4, -0.2) is 45.3 Å². The molecule has 0 radical (unpaired) electrons. The third-order valence-electron chi connectivity index (χ3n) is 1.37. The van der Waals surface area contributed by atoms with E-state index in [9.17, 15) is 0 Å². The van der Waals surface area contributed by atoms with Crippen molar-refractivity contribution in [2.24, 2.45) is 0 Å². The minimum Gasteiger partial charge on any atom is -0.394 e. The van der Waals surface area contributed by atoms with Crippen molar-refractivity contribution in [3.05, 3.63) is 0 Å². The first kappa shape index (κ1) is 10.8. The van der Waals surface area contributed by atoms with Crippen molar-refractivity contribution in [2.45, 2.75) is 38.1 Å². The molecule has 0 aromatic heterocycles. The van der Waals surface area contributed by atoms with Gasteiger partial charge in [0.2, 0.25) is 0 Å². The first-order chi connectivity index (χ1) is 5.06. The maximum Gasteiger partial charge on any atom is 0.0795 e. The van der Waals surface area contributed by atoms with E-state index in [0.29, 0.717) is 0 Å². The van der Waals surface area contributed by atoms with E-state index >= 15 is 0 Å². The van der Waals surface area contributed by atoms with Gasteiger partial charge in [-0.2, -0.15) is 0 Å². The van der Waals surface area contributed by atoms with Crippen molar-refractivity contribution >= 4 is 0 Å². The Morgan fingerprint density at radius 3 is 1.91 bits per heavy atom. The molecule has 3 atom stereocenters. The fraction of sp³-hybridized carbons (Fsp3) is 1.00. The molecule has 0 aliphatic carbocycles. The Morgan fingerprint density at radius 1 is 1.00 bits per heavy atom. The number of hydrogen-bond donors (Lipinski definition) is 4. The van der Waals surface area contributed by atoms with Gasteiger partial charge in [-0.25, -0.2) is 0 Å². The molecule has 0 spiro atoms. The summed E-state index contributed by atoms with van der Waals surface area (Å²) in [6.45, 7) is 1.21. The summed E-state index contributed by atoms with van der Waals surface area (Å²) in [4.78, 5) is 0. The summed E-state index contributed by atoms with van der Waals surface area (Å²) < 4.78 is 0. The van der Waals surface area contributed by atoms with Gasteiger partial charge in [0.25, 0.3) is 0 Å². The molecule has 0 fully saturated rings. The molecule has 0 aliphatic rings. The topological polar surface area (TPSA) is 80.9 Å². The molecule has 0 aromatic rings. The van der Waals surface area contributed by atoms with Gasteiger partial charge >= 0.3 is 0 Å². The molecule has 4 N–H and O–H groups in total. The molecule has 0 saturated carbocycles. The molecular formula is C7H16O4. The monoisotopic (exact) mass is 164 g/mol. The van der Waals surface area contributed by atoms with Crippen LogP contribution in [0.1, 0.15) is 19.8 Å². The lowest BCUT2D eigenvalue weighted by Gasteiger charge is -2.14. The van der Waals surface area contributed by atoms with Crippen LogP contribution in [0.15, 0.2) is 0 Å². The van der Waals surface area contributed by atoms with E-state index < -0.39 is 18.3 Å². The van der Waals surface area contributed by atoms with Crippen LogP contribution in [0.4, 0.5) is 0 Å². The summed E-state index contributed by atoms with van der Waals surface area (Å²) in [5, 5.41) is 35.1. The molecule has 4 nitrogen and oxygen atoms in total. The Labute approximate surface area is 66.1 Å². The van der Waals surface area contributed by atoms with Crippen LogP contribution in [0.2, 0.25) is 0 Å². The smallest absolute Gasteiger partial charge is 0.0795 e. The standard InChI is InChI=1S/C7H16O4/c1-5(9)2-6(10)3-7(11)4-8/h5-11H,2-4H2,1H3. The fourth-order valence-corrected chi connectivity index (χ4v) is 0.879. The molecule has 68 valence electrons. The Morgan fingerprint density at radius 2 is 1.55 bits per heavy atom. The Hall–Kier alpha value is -0.160. The zero-order chi connectivity index (χ0) is 8.85. The summed E-state index contributed by atoms with van der Waals surface area (Å²) in [5.41, 5.74) is 0. The highest BCUT2D eigenvalue weighted by atomic mass is 16.3. The van der Waals surface area contributed by atoms with Gasteiger partial charge in [-0.3, -0.25) is 0 Å². The summed E-state index contributed by atoms with van der Waals surface area (Å²) in [5.74, 6) is 0. The minimum absolute atomic E-state index is 0.113. The predicted octanol–water partition coefficient (Wildman–Crippen LogP) is -1.14. The lowest BCUT2D eigenvalue weighted by atomic mass is 10.1. The predicted molar refractivity (Wildman–Crippen MR) is 40.0 cm³/mol. The van der Waals surface area contributed by atoms with E-state index in [4.69, 9.17) is 20.4 Å². The summed E-state index contributed by atoms with van der Waals surface area (Å²) in [6.07, 6.45) is -1.85. The molecule has 0 aromatic carbocycles. The lowest BCUT2D eigenvalue weighted by Crippen LogP contribution is -2.23. The quantitative estimate of drug-likeness (QED) is 0.414. The van der Waals surface area contributed by atoms with E-state index in [1.807, 2.05) is 0 Å². The van der Waals surface area contributed by atoms with Crippen molar-refractivity contribution < 1.29 is 20.4 Å². The number of rotatable bonds is 5. The molecule has 0 aliphatic heterocycles. The van der Waals surface area contributed by atoms with E-state index in [0.717, 1.165) is 0 Å². The van der Waals surface area contributed by atoms with Crippen molar-refractivity contribution in [1.29, 1.82) is 0 Å². The third kappa shape index (κ3) is 6.25. The number of aliphatic hydroxyl groups is 4. The van der Waals surface area contributed by atoms with Crippen molar-refractivity contribution in [3.63, 3.8) is 0 Å². The van der Waals surface area contributed by atoms with Crippen LogP contribution < -0.4 is 0 Å². The van der Waals surface area contributed by atoms with Crippen LogP contribution in [0, 0.1) is 0 Å². The van der Waals surface area contributed by atoms with Crippen molar-refractivity contribution in [1.82, 2.24) is 0 Å². The maximum atomic E-state index is 9.09. The highest BCUT2D eigenvalue weighted by Crippen LogP contribution is 2.04. The highest BCUT2D eigenvalue weighted by Gasteiger charge is 2.12. The fourth-order valence-electron chi connectivity index (χ4n) is 0.879. The van der Waals surface area contributed by atoms with Crippen LogP contribution in [0.5, 0.6) is 0 Å². The second kappa shape index (κ2) is 5.49. The van der Waals surface area contributed by atoms with Crippen LogP contribution in [0.3, 0.4) is 0 Å². The van der Waals surface area contributed by atoms with Gasteiger partial charge in [0, 0.05) is 6.42 Å². The third-order valence-corrected chi connectivity index (χ3v) is 1.37. The van der Waals surface area contributed by atoms with Crippen molar-refractivity contribution in [2.75, 3.05) is 6.61 Å². The van der Waals surface area contributed by atoms with Crippen LogP contribution in [0.25, 0.3) is 0 Å². The molecule has 0 amide bonds. The Balaban J connectivity index is 3.43. The Kier molecular flexibility index (Phi) is 5.41. The molecule has 0 bridgehead atoms. The van der Waals surface area contributed by atoms with Crippen LogP contribution in [-0.2, 0) is 0 Å². The van der Waals surface area contributed by atoms with Gasteiger partial charge in [-0.05, 0) is 13.3 Å². The lowest BCUT2D eigenvalue weighted by molar-refractivity contribution is 0.0216. The second-order valence-corrected chi connectivity index (χ2v) is 2.81. The SMILES string of the molecule is CC(O)CC(O)CC(O)CO. The van der Waals surface area contributed by atoms with Gasteiger partial charge in [0.05, 0.1) is 24.9 Å². The molecule has 0 rings (SSSR count). The van der Waals surface area contributed by atoms with Crippen LogP contribution >= 0.6 is 0 Å². The van der Waals surface area contributed by atoms with Gasteiger partial charge in [0.15, 0.2) is 0 Å². The van der Waals surface area contributed by atoms with Gasteiger partial charge in [-0.1, -0.05) is 0 Å². The van der Waals surface area contributed by atoms with Gasteiger partial charge in [0.1, 0.15) is 0 Å². The maximum absolute atomic E-state index is 9.09. The average molecular weight is 164 g/mol. The molecule has 3 unspecified atom stereocenters. The Bertz CT molecular complexity index is 94.4. The molecule has 11 heavy (non-hydrogen) atoms. The number of hydrogen-bond acceptors (Lipinski definition) is 4. The summed E-state index contributed by atoms with van der Waals surface area (Å²) in [6, 6.07) is 0. The second-order valence-electron chi connectivity index (χ2n) is 2.81. The molecule has 4 heteroatoms. The van der Waals surface area contributed by atoms with Crippen molar-refractivity contribution in [3.8, 4) is 0 Å². The van der Waals surface area contributed by atoms with Gasteiger partial charge in [-0.15, -0.1) is 0 Å². The zero-order valence-electron chi connectivity index (χ0n) is 6.64. The highest BCUT2D eigenvalue weighted by molar-refractivity contribution is 4.64. The van der Waals surface area contributed by atoms with E-state index in [2.05, 4.69) is 0 Å². The summed E-state index contributed by atoms with van der Waals surface area (Å²) >= 11 is 0. The van der Waals surface area contributed by atoms with E-state index in [1.54, 1.807) is 6.92 Å². The normalized spacial score (nSPS) is 19.4. The van der Waals surface area contributed by atoms with E-state index in [-0.39, 0.29) is 19.4 Å². The summed E-state index contributed by atoms with van der Waals surface area (Å²) in [7, 11) is 0. The first-order valence-corrected chi connectivity index (χ1v) is 3.71. The first-order valence-electron chi connectivity index (χ1n) is 3.71. The van der Waals surface area contributed by atoms with E-state index in [1.165, 1.54) is 0 Å². The molecular weight excluding hydrogens is 148 g/mol. The molecule has 0 heterocycles. The van der Waals surface area contributed by atoms with Gasteiger partial charge < -0.3 is 20.4 Å². The zero-order valence-corrected chi connectivity index (χ0v) is 6.64.